The van der Waals surface area contributed by atoms with E-state index >= 15 is 0 Å². The van der Waals surface area contributed by atoms with Gasteiger partial charge in [-0.05, 0) is 5.92 Å². The molecule has 0 radical (unpaired) electrons. The summed E-state index contributed by atoms with van der Waals surface area (Å²) in [6, 6.07) is 0. The van der Waals surface area contributed by atoms with Gasteiger partial charge in [0.1, 0.15) is 0 Å². The van der Waals surface area contributed by atoms with Crippen molar-refractivity contribution in [2.45, 2.75) is 26.7 Å². The average molecular weight is 170 g/mol. The fourth-order valence-electron chi connectivity index (χ4n) is 0.851. The first-order chi connectivity index (χ1) is 5.11. The van der Waals surface area contributed by atoms with Crippen LogP contribution in [0.1, 0.15) is 32.4 Å². The van der Waals surface area contributed by atoms with Crippen LogP contribution >= 0.6 is 11.3 Å². The highest BCUT2D eigenvalue weighted by atomic mass is 32.1. The lowest BCUT2D eigenvalue weighted by Gasteiger charge is -2.11. The van der Waals surface area contributed by atoms with Crippen molar-refractivity contribution in [3.8, 4) is 0 Å². The quantitative estimate of drug-likeness (QED) is 0.740. The highest BCUT2D eigenvalue weighted by Gasteiger charge is 2.12. The van der Waals surface area contributed by atoms with Crippen LogP contribution in [0.5, 0.6) is 0 Å². The maximum Gasteiger partial charge on any atom is 0.180 e. The van der Waals surface area contributed by atoms with Gasteiger partial charge in [0.25, 0.3) is 0 Å². The van der Waals surface area contributed by atoms with Gasteiger partial charge in [-0.1, -0.05) is 20.8 Å². The van der Waals surface area contributed by atoms with Gasteiger partial charge >= 0.3 is 0 Å². The molecule has 0 bridgehead atoms. The third-order valence-corrected chi connectivity index (χ3v) is 2.70. The number of thiazole rings is 1. The van der Waals surface area contributed by atoms with Crippen molar-refractivity contribution in [2.24, 2.45) is 5.92 Å². The number of nitrogens with zero attached hydrogens (tertiary/aromatic N) is 1. The van der Waals surface area contributed by atoms with Crippen LogP contribution in [0, 0.1) is 5.92 Å². The first-order valence-electron chi connectivity index (χ1n) is 3.82. The van der Waals surface area contributed by atoms with E-state index in [0.29, 0.717) is 17.0 Å². The molecule has 0 aromatic carbocycles. The molecule has 62 valence electrons. The summed E-state index contributed by atoms with van der Waals surface area (Å²) < 4.78 is 0. The smallest absolute Gasteiger partial charge is 0.180 e. The van der Waals surface area contributed by atoms with Crippen LogP contribution in [0.3, 0.4) is 0 Å². The highest BCUT2D eigenvalue weighted by molar-refractivity contribution is 7.13. The van der Waals surface area contributed by atoms with Crippen molar-refractivity contribution >= 4 is 16.5 Å². The zero-order valence-electron chi connectivity index (χ0n) is 7.16. The minimum Gasteiger partial charge on any atom is -0.375 e. The van der Waals surface area contributed by atoms with Crippen molar-refractivity contribution in [2.75, 3.05) is 5.73 Å². The van der Waals surface area contributed by atoms with Gasteiger partial charge in [-0.2, -0.15) is 0 Å². The van der Waals surface area contributed by atoms with Crippen LogP contribution in [-0.2, 0) is 0 Å². The lowest BCUT2D eigenvalue weighted by atomic mass is 9.96. The van der Waals surface area contributed by atoms with Crippen molar-refractivity contribution in [1.29, 1.82) is 0 Å². The molecule has 0 spiro atoms. The Morgan fingerprint density at radius 3 is 2.45 bits per heavy atom. The van der Waals surface area contributed by atoms with Gasteiger partial charge in [0.05, 0.1) is 5.69 Å². The van der Waals surface area contributed by atoms with Crippen LogP contribution in [0.15, 0.2) is 5.38 Å². The summed E-state index contributed by atoms with van der Waals surface area (Å²) in [5.41, 5.74) is 6.65. The first kappa shape index (κ1) is 8.53. The van der Waals surface area contributed by atoms with Gasteiger partial charge in [0.2, 0.25) is 0 Å². The molecule has 0 aliphatic heterocycles. The van der Waals surface area contributed by atoms with E-state index in [-0.39, 0.29) is 0 Å². The molecule has 0 amide bonds. The van der Waals surface area contributed by atoms with E-state index in [1.165, 1.54) is 11.3 Å². The Kier molecular flexibility index (Phi) is 2.49. The molecule has 3 heteroatoms. The van der Waals surface area contributed by atoms with Crippen LogP contribution in [-0.4, -0.2) is 4.98 Å². The Morgan fingerprint density at radius 2 is 2.09 bits per heavy atom. The molecule has 0 saturated heterocycles. The minimum absolute atomic E-state index is 0.517. The molecule has 1 aromatic rings. The normalized spacial score (nSPS) is 13.8. The second kappa shape index (κ2) is 3.22. The molecule has 2 nitrogen and oxygen atoms in total. The Labute approximate surface area is 71.5 Å². The molecule has 11 heavy (non-hydrogen) atoms. The van der Waals surface area contributed by atoms with Gasteiger partial charge in [-0.3, -0.25) is 0 Å². The molecule has 2 N–H and O–H groups in total. The lowest BCUT2D eigenvalue weighted by molar-refractivity contribution is 0.526. The minimum atomic E-state index is 0.517. The van der Waals surface area contributed by atoms with Gasteiger partial charge in [0, 0.05) is 11.3 Å². The molecule has 0 aliphatic rings. The fraction of sp³-hybridized carbons (Fsp3) is 0.625. The lowest BCUT2D eigenvalue weighted by Crippen LogP contribution is -2.02. The Balaban J connectivity index is 2.76. The zero-order valence-corrected chi connectivity index (χ0v) is 7.98. The van der Waals surface area contributed by atoms with E-state index in [1.54, 1.807) is 0 Å². The van der Waals surface area contributed by atoms with Crippen molar-refractivity contribution < 1.29 is 0 Å². The summed E-state index contributed by atoms with van der Waals surface area (Å²) in [6.07, 6.45) is 0. The maximum absolute atomic E-state index is 5.52. The van der Waals surface area contributed by atoms with E-state index < -0.39 is 0 Å². The van der Waals surface area contributed by atoms with Crippen molar-refractivity contribution in [1.82, 2.24) is 4.98 Å². The molecule has 1 rings (SSSR count). The second-order valence-electron chi connectivity index (χ2n) is 3.14. The maximum atomic E-state index is 5.52. The molecule has 0 aliphatic carbocycles. The number of hydrogen-bond donors (Lipinski definition) is 1. The summed E-state index contributed by atoms with van der Waals surface area (Å²) >= 11 is 1.52. The second-order valence-corrected chi connectivity index (χ2v) is 4.03. The molecular weight excluding hydrogens is 156 g/mol. The predicted molar refractivity (Wildman–Crippen MR) is 49.8 cm³/mol. The fourth-order valence-corrected chi connectivity index (χ4v) is 1.52. The van der Waals surface area contributed by atoms with Gasteiger partial charge in [0.15, 0.2) is 5.13 Å². The number of nitrogen functional groups attached to an aromatic ring is 1. The molecule has 1 aromatic heterocycles. The molecule has 0 saturated carbocycles. The predicted octanol–water partition coefficient (Wildman–Crippen LogP) is 2.48. The van der Waals surface area contributed by atoms with E-state index in [9.17, 15) is 0 Å². The Bertz CT molecular complexity index is 230. The Hall–Kier alpha value is -0.570. The standard InChI is InChI=1S/C8H14N2S/c1-5(2)6(3)7-4-11-8(9)10-7/h4-6H,1-3H3,(H2,9,10). The SMILES string of the molecule is CC(C)C(C)c1csc(N)n1. The number of aromatic nitrogens is 1. The van der Waals surface area contributed by atoms with Crippen LogP contribution in [0.2, 0.25) is 0 Å². The number of anilines is 1. The summed E-state index contributed by atoms with van der Waals surface area (Å²) in [5, 5.41) is 2.72. The van der Waals surface area contributed by atoms with E-state index in [2.05, 4.69) is 25.8 Å². The van der Waals surface area contributed by atoms with Gasteiger partial charge < -0.3 is 5.73 Å². The monoisotopic (exact) mass is 170 g/mol. The molecule has 1 atom stereocenters. The average Bonchev–Trinajstić information content (AvgIpc) is 2.34. The van der Waals surface area contributed by atoms with Crippen molar-refractivity contribution in [3.63, 3.8) is 0 Å². The third kappa shape index (κ3) is 1.93. The molecule has 1 heterocycles. The first-order valence-corrected chi connectivity index (χ1v) is 4.70. The number of rotatable bonds is 2. The zero-order chi connectivity index (χ0) is 8.43. The van der Waals surface area contributed by atoms with Crippen LogP contribution in [0.25, 0.3) is 0 Å². The van der Waals surface area contributed by atoms with Gasteiger partial charge in [-0.15, -0.1) is 11.3 Å². The molecule has 1 unspecified atom stereocenters. The summed E-state index contributed by atoms with van der Waals surface area (Å²) in [6.45, 7) is 6.57. The van der Waals surface area contributed by atoms with Crippen LogP contribution in [0.4, 0.5) is 5.13 Å². The van der Waals surface area contributed by atoms with E-state index in [0.717, 1.165) is 5.69 Å². The number of hydrogen-bond acceptors (Lipinski definition) is 3. The molecular formula is C8H14N2S. The van der Waals surface area contributed by atoms with Crippen molar-refractivity contribution in [3.05, 3.63) is 11.1 Å². The summed E-state index contributed by atoms with van der Waals surface area (Å²) in [4.78, 5) is 4.23. The topological polar surface area (TPSA) is 38.9 Å². The van der Waals surface area contributed by atoms with E-state index in [1.807, 2.05) is 5.38 Å². The summed E-state index contributed by atoms with van der Waals surface area (Å²) in [7, 11) is 0. The van der Waals surface area contributed by atoms with E-state index in [4.69, 9.17) is 5.73 Å². The molecule has 0 fully saturated rings. The third-order valence-electron chi connectivity index (χ3n) is 2.01. The number of nitrogens with two attached hydrogens (primary N) is 1. The largest absolute Gasteiger partial charge is 0.375 e. The summed E-state index contributed by atoms with van der Waals surface area (Å²) in [5.74, 6) is 1.15. The van der Waals surface area contributed by atoms with Gasteiger partial charge in [-0.25, -0.2) is 4.98 Å². The Morgan fingerprint density at radius 1 is 1.45 bits per heavy atom. The highest BCUT2D eigenvalue weighted by Crippen LogP contribution is 2.25. The van der Waals surface area contributed by atoms with Crippen LogP contribution < -0.4 is 5.73 Å².